The average molecular weight is 413 g/mol. The van der Waals surface area contributed by atoms with Gasteiger partial charge in [-0.25, -0.2) is 0 Å². The summed E-state index contributed by atoms with van der Waals surface area (Å²) >= 11 is 1.20. The molecule has 0 radical (unpaired) electrons. The lowest BCUT2D eigenvalue weighted by molar-refractivity contribution is -0.118. The number of rotatable bonds is 10. The third kappa shape index (κ3) is 6.25. The van der Waals surface area contributed by atoms with E-state index in [1.165, 1.54) is 17.3 Å². The number of hydrogen-bond donors (Lipinski definition) is 1. The number of hydrogen-bond acceptors (Lipinski definition) is 7. The van der Waals surface area contributed by atoms with Crippen LogP contribution in [0.2, 0.25) is 0 Å². The Bertz CT molecular complexity index is 908. The lowest BCUT2D eigenvalue weighted by Crippen LogP contribution is -2.26. The first-order valence-electron chi connectivity index (χ1n) is 9.18. The maximum atomic E-state index is 12.0. The molecule has 152 valence electrons. The van der Waals surface area contributed by atoms with E-state index in [1.807, 2.05) is 18.2 Å². The van der Waals surface area contributed by atoms with Crippen molar-refractivity contribution in [3.8, 4) is 23.0 Å². The van der Waals surface area contributed by atoms with Crippen LogP contribution in [0.1, 0.15) is 12.0 Å². The molecular formula is C21H23N3O4S. The van der Waals surface area contributed by atoms with E-state index >= 15 is 0 Å². The number of ether oxygens (including phenoxy) is 2. The molecule has 1 N–H and O–H groups in total. The first-order valence-corrected chi connectivity index (χ1v) is 10.2. The monoisotopic (exact) mass is 413 g/mol. The van der Waals surface area contributed by atoms with Crippen LogP contribution in [-0.4, -0.2) is 42.6 Å². The summed E-state index contributed by atoms with van der Waals surface area (Å²) < 4.78 is 16.2. The van der Waals surface area contributed by atoms with Crippen molar-refractivity contribution >= 4 is 17.7 Å². The van der Waals surface area contributed by atoms with Crippen LogP contribution in [0, 0.1) is 0 Å². The molecule has 0 atom stereocenters. The third-order valence-electron chi connectivity index (χ3n) is 4.14. The van der Waals surface area contributed by atoms with E-state index in [4.69, 9.17) is 13.9 Å². The van der Waals surface area contributed by atoms with Gasteiger partial charge in [0.25, 0.3) is 5.22 Å². The fourth-order valence-electron chi connectivity index (χ4n) is 2.66. The SMILES string of the molecule is COc1cc(OC)cc(-c2nnc(SCC(=O)NCCCc3ccccc3)o2)c1. The number of amides is 1. The number of carbonyl (C=O) groups excluding carboxylic acids is 1. The zero-order chi connectivity index (χ0) is 20.5. The van der Waals surface area contributed by atoms with Gasteiger partial charge < -0.3 is 19.2 Å². The van der Waals surface area contributed by atoms with Gasteiger partial charge in [-0.15, -0.1) is 10.2 Å². The van der Waals surface area contributed by atoms with Crippen LogP contribution in [0.4, 0.5) is 0 Å². The van der Waals surface area contributed by atoms with E-state index in [0.29, 0.717) is 34.7 Å². The average Bonchev–Trinajstić information content (AvgIpc) is 3.25. The van der Waals surface area contributed by atoms with Crippen molar-refractivity contribution in [3.05, 3.63) is 54.1 Å². The van der Waals surface area contributed by atoms with Crippen LogP contribution >= 0.6 is 11.8 Å². The molecular weight excluding hydrogens is 390 g/mol. The van der Waals surface area contributed by atoms with E-state index in [-0.39, 0.29) is 11.7 Å². The molecule has 0 fully saturated rings. The minimum absolute atomic E-state index is 0.0640. The highest BCUT2D eigenvalue weighted by atomic mass is 32.2. The van der Waals surface area contributed by atoms with Gasteiger partial charge in [0.15, 0.2) is 0 Å². The summed E-state index contributed by atoms with van der Waals surface area (Å²) in [4.78, 5) is 12.0. The van der Waals surface area contributed by atoms with Gasteiger partial charge in [-0.1, -0.05) is 42.1 Å². The van der Waals surface area contributed by atoms with Gasteiger partial charge in [-0.3, -0.25) is 4.79 Å². The molecule has 0 saturated carbocycles. The molecule has 7 nitrogen and oxygen atoms in total. The van der Waals surface area contributed by atoms with Crippen LogP contribution in [-0.2, 0) is 11.2 Å². The second-order valence-electron chi connectivity index (χ2n) is 6.20. The van der Waals surface area contributed by atoms with Crippen molar-refractivity contribution in [3.63, 3.8) is 0 Å². The van der Waals surface area contributed by atoms with Gasteiger partial charge in [0.2, 0.25) is 11.8 Å². The lowest BCUT2D eigenvalue weighted by Gasteiger charge is -2.05. The van der Waals surface area contributed by atoms with Crippen molar-refractivity contribution in [2.45, 2.75) is 18.1 Å². The van der Waals surface area contributed by atoms with Crippen molar-refractivity contribution < 1.29 is 18.7 Å². The summed E-state index contributed by atoms with van der Waals surface area (Å²) in [6, 6.07) is 15.5. The van der Waals surface area contributed by atoms with Crippen molar-refractivity contribution in [1.29, 1.82) is 0 Å². The molecule has 0 bridgehead atoms. The Hall–Kier alpha value is -3.00. The molecule has 2 aromatic carbocycles. The number of nitrogens with zero attached hydrogens (tertiary/aromatic N) is 2. The topological polar surface area (TPSA) is 86.5 Å². The Morgan fingerprint density at radius 2 is 1.79 bits per heavy atom. The Balaban J connectivity index is 1.46. The van der Waals surface area contributed by atoms with Crippen molar-refractivity contribution in [2.75, 3.05) is 26.5 Å². The summed E-state index contributed by atoms with van der Waals surface area (Å²) in [6.45, 7) is 0.632. The molecule has 29 heavy (non-hydrogen) atoms. The van der Waals surface area contributed by atoms with E-state index in [0.717, 1.165) is 12.8 Å². The second kappa shape index (κ2) is 10.5. The van der Waals surface area contributed by atoms with Crippen molar-refractivity contribution in [2.24, 2.45) is 0 Å². The standard InChI is InChI=1S/C21H23N3O4S/c1-26-17-11-16(12-18(13-17)27-2)20-23-24-21(28-20)29-14-19(25)22-10-6-9-15-7-4-3-5-8-15/h3-5,7-8,11-13H,6,9-10,14H2,1-2H3,(H,22,25). The fraction of sp³-hybridized carbons (Fsp3) is 0.286. The predicted octanol–water partition coefficient (Wildman–Crippen LogP) is 3.59. The predicted molar refractivity (Wildman–Crippen MR) is 111 cm³/mol. The fourth-order valence-corrected chi connectivity index (χ4v) is 3.25. The van der Waals surface area contributed by atoms with E-state index < -0.39 is 0 Å². The summed E-state index contributed by atoms with van der Waals surface area (Å²) in [5.41, 5.74) is 1.95. The van der Waals surface area contributed by atoms with Gasteiger partial charge in [-0.05, 0) is 30.5 Å². The van der Waals surface area contributed by atoms with Gasteiger partial charge >= 0.3 is 0 Å². The molecule has 0 saturated heterocycles. The Morgan fingerprint density at radius 3 is 2.48 bits per heavy atom. The maximum Gasteiger partial charge on any atom is 0.277 e. The first kappa shape index (κ1) is 20.7. The van der Waals surface area contributed by atoms with E-state index in [1.54, 1.807) is 32.4 Å². The minimum atomic E-state index is -0.0640. The number of thioether (sulfide) groups is 1. The van der Waals surface area contributed by atoms with Gasteiger partial charge in [0.1, 0.15) is 11.5 Å². The number of nitrogens with one attached hydrogen (secondary N) is 1. The molecule has 1 aromatic heterocycles. The molecule has 1 heterocycles. The van der Waals surface area contributed by atoms with Crippen LogP contribution in [0.15, 0.2) is 58.2 Å². The molecule has 0 spiro atoms. The maximum absolute atomic E-state index is 12.0. The van der Waals surface area contributed by atoms with Crippen LogP contribution in [0.5, 0.6) is 11.5 Å². The number of benzene rings is 2. The number of methoxy groups -OCH3 is 2. The molecule has 8 heteroatoms. The molecule has 3 rings (SSSR count). The number of aryl methyl sites for hydroxylation is 1. The zero-order valence-corrected chi connectivity index (χ0v) is 17.2. The molecule has 3 aromatic rings. The van der Waals surface area contributed by atoms with E-state index in [2.05, 4.69) is 27.6 Å². The second-order valence-corrected chi connectivity index (χ2v) is 7.13. The molecule has 0 aliphatic carbocycles. The van der Waals surface area contributed by atoms with Crippen LogP contribution < -0.4 is 14.8 Å². The van der Waals surface area contributed by atoms with Gasteiger partial charge in [0, 0.05) is 18.2 Å². The molecule has 0 aliphatic heterocycles. The Kier molecular flexibility index (Phi) is 7.52. The largest absolute Gasteiger partial charge is 0.497 e. The highest BCUT2D eigenvalue weighted by molar-refractivity contribution is 7.99. The number of aromatic nitrogens is 2. The normalized spacial score (nSPS) is 10.6. The first-order chi connectivity index (χ1) is 14.2. The lowest BCUT2D eigenvalue weighted by atomic mass is 10.1. The summed E-state index contributed by atoms with van der Waals surface area (Å²) in [7, 11) is 3.15. The minimum Gasteiger partial charge on any atom is -0.497 e. The Labute approximate surface area is 173 Å². The zero-order valence-electron chi connectivity index (χ0n) is 16.4. The highest BCUT2D eigenvalue weighted by Crippen LogP contribution is 2.30. The smallest absolute Gasteiger partial charge is 0.277 e. The molecule has 1 amide bonds. The summed E-state index contributed by atoms with van der Waals surface area (Å²) in [6.07, 6.45) is 1.83. The van der Waals surface area contributed by atoms with Gasteiger partial charge in [0.05, 0.1) is 20.0 Å². The van der Waals surface area contributed by atoms with E-state index in [9.17, 15) is 4.79 Å². The summed E-state index contributed by atoms with van der Waals surface area (Å²) in [5.74, 6) is 1.75. The van der Waals surface area contributed by atoms with Crippen LogP contribution in [0.3, 0.4) is 0 Å². The third-order valence-corrected chi connectivity index (χ3v) is 4.96. The van der Waals surface area contributed by atoms with Gasteiger partial charge in [-0.2, -0.15) is 0 Å². The molecule has 0 aliphatic rings. The summed E-state index contributed by atoms with van der Waals surface area (Å²) in [5, 5.41) is 11.3. The molecule has 0 unspecified atom stereocenters. The highest BCUT2D eigenvalue weighted by Gasteiger charge is 2.13. The Morgan fingerprint density at radius 1 is 1.07 bits per heavy atom. The van der Waals surface area contributed by atoms with Crippen molar-refractivity contribution in [1.82, 2.24) is 15.5 Å². The number of carbonyl (C=O) groups is 1. The quantitative estimate of drug-likeness (QED) is 0.401. The van der Waals surface area contributed by atoms with Crippen LogP contribution in [0.25, 0.3) is 11.5 Å².